The zero-order valence-corrected chi connectivity index (χ0v) is 14.5. The highest BCUT2D eigenvalue weighted by Gasteiger charge is 2.53. The van der Waals surface area contributed by atoms with Crippen molar-refractivity contribution in [1.29, 1.82) is 0 Å². The summed E-state index contributed by atoms with van der Waals surface area (Å²) in [4.78, 5) is 0. The van der Waals surface area contributed by atoms with Gasteiger partial charge in [0.1, 0.15) is 0 Å². The van der Waals surface area contributed by atoms with Crippen LogP contribution < -0.4 is 5.32 Å². The van der Waals surface area contributed by atoms with E-state index in [4.69, 9.17) is 0 Å². The zero-order valence-electron chi connectivity index (χ0n) is 12.9. The van der Waals surface area contributed by atoms with Crippen LogP contribution in [0, 0.1) is 23.2 Å². The molecule has 2 heteroatoms. The third-order valence-electron chi connectivity index (χ3n) is 6.56. The molecule has 1 nitrogen and oxygen atoms in total. The van der Waals surface area contributed by atoms with E-state index in [0.717, 1.165) is 17.8 Å². The van der Waals surface area contributed by atoms with Crippen molar-refractivity contribution < 1.29 is 0 Å². The first kappa shape index (κ1) is 14.3. The molecular formula is C19H26BrN. The van der Waals surface area contributed by atoms with Gasteiger partial charge in [-0.1, -0.05) is 34.1 Å². The number of rotatable bonds is 4. The van der Waals surface area contributed by atoms with E-state index in [0.29, 0.717) is 11.5 Å². The van der Waals surface area contributed by atoms with Gasteiger partial charge in [0, 0.05) is 10.5 Å². The first-order valence-corrected chi connectivity index (χ1v) is 9.38. The highest BCUT2D eigenvalue weighted by molar-refractivity contribution is 9.10. The van der Waals surface area contributed by atoms with Crippen LogP contribution in [0.15, 0.2) is 28.7 Å². The average Bonchev–Trinajstić information content (AvgIpc) is 2.44. The largest absolute Gasteiger partial charge is 0.316 e. The number of hydrogen-bond donors (Lipinski definition) is 1. The zero-order chi connectivity index (χ0) is 14.4. The lowest BCUT2D eigenvalue weighted by Crippen LogP contribution is -2.56. The molecule has 114 valence electrons. The summed E-state index contributed by atoms with van der Waals surface area (Å²) in [6, 6.07) is 9.40. The monoisotopic (exact) mass is 347 g/mol. The highest BCUT2D eigenvalue weighted by Crippen LogP contribution is 2.61. The first-order chi connectivity index (χ1) is 10.2. The van der Waals surface area contributed by atoms with E-state index in [1.807, 2.05) is 0 Å². The molecule has 0 amide bonds. The molecule has 0 aromatic heterocycles. The van der Waals surface area contributed by atoms with Crippen LogP contribution in [0.2, 0.25) is 0 Å². The molecule has 1 aromatic carbocycles. The molecule has 1 aromatic rings. The predicted octanol–water partition coefficient (Wildman–Crippen LogP) is 4.80. The van der Waals surface area contributed by atoms with E-state index in [1.165, 1.54) is 55.0 Å². The Hall–Kier alpha value is -0.340. The molecule has 1 N–H and O–H groups in total. The molecule has 0 saturated heterocycles. The molecule has 21 heavy (non-hydrogen) atoms. The molecule has 4 fully saturated rings. The van der Waals surface area contributed by atoms with Crippen LogP contribution in [0.4, 0.5) is 0 Å². The van der Waals surface area contributed by atoms with Crippen LogP contribution in [0.5, 0.6) is 0 Å². The van der Waals surface area contributed by atoms with Crippen LogP contribution in [0.3, 0.4) is 0 Å². The van der Waals surface area contributed by atoms with Crippen molar-refractivity contribution in [2.75, 3.05) is 7.05 Å². The van der Waals surface area contributed by atoms with Crippen molar-refractivity contribution >= 4 is 15.9 Å². The molecule has 0 radical (unpaired) electrons. The maximum Gasteiger partial charge on any atom is 0.0207 e. The quantitative estimate of drug-likeness (QED) is 0.824. The summed E-state index contributed by atoms with van der Waals surface area (Å²) in [7, 11) is 2.18. The minimum absolute atomic E-state index is 0.582. The summed E-state index contributed by atoms with van der Waals surface area (Å²) in [5.41, 5.74) is 2.05. The Morgan fingerprint density at radius 1 is 1.10 bits per heavy atom. The first-order valence-electron chi connectivity index (χ1n) is 8.59. The molecule has 0 heterocycles. The van der Waals surface area contributed by atoms with Crippen molar-refractivity contribution in [3.8, 4) is 0 Å². The van der Waals surface area contributed by atoms with Gasteiger partial charge in [-0.05, 0) is 86.8 Å². The fourth-order valence-corrected chi connectivity index (χ4v) is 6.56. The Morgan fingerprint density at radius 2 is 1.67 bits per heavy atom. The summed E-state index contributed by atoms with van der Waals surface area (Å²) < 4.78 is 1.27. The predicted molar refractivity (Wildman–Crippen MR) is 91.3 cm³/mol. The smallest absolute Gasteiger partial charge is 0.0207 e. The van der Waals surface area contributed by atoms with Gasteiger partial charge in [0.2, 0.25) is 0 Å². The Morgan fingerprint density at radius 3 is 2.19 bits per heavy atom. The van der Waals surface area contributed by atoms with E-state index in [-0.39, 0.29) is 0 Å². The standard InChI is InChI=1S/C19H26BrN/c1-21-18(9-16-4-2-3-5-17(16)20)19-10-13-6-14(11-19)8-15(7-13)12-19/h2-5,13-15,18,21H,6-12H2,1H3. The van der Waals surface area contributed by atoms with Crippen molar-refractivity contribution in [2.45, 2.75) is 51.0 Å². The van der Waals surface area contributed by atoms with Crippen LogP contribution in [0.1, 0.15) is 44.1 Å². The van der Waals surface area contributed by atoms with Gasteiger partial charge in [0.25, 0.3) is 0 Å². The molecule has 1 atom stereocenters. The van der Waals surface area contributed by atoms with E-state index in [2.05, 4.69) is 52.6 Å². The summed E-state index contributed by atoms with van der Waals surface area (Å²) in [6.07, 6.45) is 10.2. The van der Waals surface area contributed by atoms with E-state index >= 15 is 0 Å². The second kappa shape index (κ2) is 5.38. The van der Waals surface area contributed by atoms with Gasteiger partial charge >= 0.3 is 0 Å². The highest BCUT2D eigenvalue weighted by atomic mass is 79.9. The van der Waals surface area contributed by atoms with Crippen LogP contribution in [-0.2, 0) is 6.42 Å². The maximum absolute atomic E-state index is 3.74. The normalized spacial score (nSPS) is 38.7. The summed E-state index contributed by atoms with van der Waals surface area (Å²) in [5.74, 6) is 3.10. The Bertz CT molecular complexity index is 489. The summed E-state index contributed by atoms with van der Waals surface area (Å²) in [5, 5.41) is 3.71. The van der Waals surface area contributed by atoms with E-state index < -0.39 is 0 Å². The van der Waals surface area contributed by atoms with Crippen molar-refractivity contribution in [3.63, 3.8) is 0 Å². The Balaban J connectivity index is 1.60. The molecule has 0 aliphatic heterocycles. The van der Waals surface area contributed by atoms with Gasteiger partial charge in [-0.2, -0.15) is 0 Å². The summed E-state index contributed by atoms with van der Waals surface area (Å²) in [6.45, 7) is 0. The maximum atomic E-state index is 3.74. The fourth-order valence-electron chi connectivity index (χ4n) is 6.11. The van der Waals surface area contributed by atoms with Crippen molar-refractivity contribution in [1.82, 2.24) is 5.32 Å². The van der Waals surface area contributed by atoms with Gasteiger partial charge in [-0.15, -0.1) is 0 Å². The number of halogens is 1. The lowest BCUT2D eigenvalue weighted by Gasteiger charge is -2.59. The lowest BCUT2D eigenvalue weighted by atomic mass is 9.47. The van der Waals surface area contributed by atoms with Crippen molar-refractivity contribution in [2.24, 2.45) is 23.2 Å². The third kappa shape index (κ3) is 2.49. The van der Waals surface area contributed by atoms with Gasteiger partial charge in [0.15, 0.2) is 0 Å². The number of nitrogens with one attached hydrogen (secondary N) is 1. The minimum atomic E-state index is 0.582. The minimum Gasteiger partial charge on any atom is -0.316 e. The second-order valence-corrected chi connectivity index (χ2v) is 8.77. The SMILES string of the molecule is CNC(Cc1ccccc1Br)C12CC3CC(CC(C3)C1)C2. The molecule has 0 spiro atoms. The Kier molecular flexibility index (Phi) is 3.66. The van der Waals surface area contributed by atoms with Gasteiger partial charge < -0.3 is 5.32 Å². The van der Waals surface area contributed by atoms with Crippen LogP contribution in [0.25, 0.3) is 0 Å². The molecule has 4 aliphatic carbocycles. The van der Waals surface area contributed by atoms with Crippen LogP contribution in [-0.4, -0.2) is 13.1 Å². The molecular weight excluding hydrogens is 322 g/mol. The van der Waals surface area contributed by atoms with Gasteiger partial charge in [-0.25, -0.2) is 0 Å². The fraction of sp³-hybridized carbons (Fsp3) is 0.684. The van der Waals surface area contributed by atoms with E-state index in [9.17, 15) is 0 Å². The van der Waals surface area contributed by atoms with Gasteiger partial charge in [0.05, 0.1) is 0 Å². The average molecular weight is 348 g/mol. The second-order valence-electron chi connectivity index (χ2n) is 7.92. The molecule has 4 saturated carbocycles. The van der Waals surface area contributed by atoms with Crippen LogP contribution >= 0.6 is 15.9 Å². The van der Waals surface area contributed by atoms with E-state index in [1.54, 1.807) is 0 Å². The third-order valence-corrected chi connectivity index (χ3v) is 7.33. The number of benzene rings is 1. The van der Waals surface area contributed by atoms with Gasteiger partial charge in [-0.3, -0.25) is 0 Å². The number of likely N-dealkylation sites (N-methyl/N-ethyl adjacent to an activating group) is 1. The lowest BCUT2D eigenvalue weighted by molar-refractivity contribution is -0.0724. The molecule has 5 rings (SSSR count). The Labute approximate surface area is 137 Å². The molecule has 4 bridgehead atoms. The molecule has 1 unspecified atom stereocenters. The van der Waals surface area contributed by atoms with Crippen molar-refractivity contribution in [3.05, 3.63) is 34.3 Å². The summed E-state index contributed by atoms with van der Waals surface area (Å²) >= 11 is 3.74. The topological polar surface area (TPSA) is 12.0 Å². The molecule has 4 aliphatic rings. The number of hydrogen-bond acceptors (Lipinski definition) is 1.